The number of rotatable bonds is 7. The molecule has 302 valence electrons. The van der Waals surface area contributed by atoms with Crippen LogP contribution in [0, 0.1) is 30.3 Å². The fourth-order valence-electron chi connectivity index (χ4n) is 9.68. The minimum Gasteiger partial charge on any atom is -0.508 e. The summed E-state index contributed by atoms with van der Waals surface area (Å²) in [5.74, 6) is -1.61. The monoisotopic (exact) mass is 793 g/mol. The van der Waals surface area contributed by atoms with Crippen molar-refractivity contribution in [3.05, 3.63) is 118 Å². The molecular formula is C45H46F3N5O5. The molecule has 5 heterocycles. The molecule has 4 aromatic carbocycles. The van der Waals surface area contributed by atoms with E-state index in [9.17, 15) is 23.9 Å². The van der Waals surface area contributed by atoms with Gasteiger partial charge in [0.1, 0.15) is 35.0 Å². The van der Waals surface area contributed by atoms with Crippen LogP contribution in [0.15, 0.2) is 66.7 Å². The predicted octanol–water partition coefficient (Wildman–Crippen LogP) is 6.23. The number of benzene rings is 4. The minimum atomic E-state index is -0.745. The first-order valence-corrected chi connectivity index (χ1v) is 20.2. The number of amides is 3. The molecule has 0 bridgehead atoms. The quantitative estimate of drug-likeness (QED) is 0.213. The minimum absolute atomic E-state index is 0.0913. The molecule has 0 aromatic heterocycles. The molecule has 3 saturated heterocycles. The lowest BCUT2D eigenvalue weighted by Crippen LogP contribution is -2.52. The van der Waals surface area contributed by atoms with Crippen molar-refractivity contribution in [3.8, 4) is 11.5 Å². The van der Waals surface area contributed by atoms with Crippen LogP contribution in [0.2, 0.25) is 0 Å². The van der Waals surface area contributed by atoms with Crippen LogP contribution in [-0.4, -0.2) is 91.1 Å². The number of imide groups is 1. The average Bonchev–Trinajstić information content (AvgIpc) is 3.52. The largest absolute Gasteiger partial charge is 0.508 e. The van der Waals surface area contributed by atoms with E-state index >= 15 is 8.78 Å². The Balaban J connectivity index is 0.812. The molecule has 13 heteroatoms. The number of halogens is 3. The van der Waals surface area contributed by atoms with E-state index in [1.165, 1.54) is 17.0 Å². The molecule has 2 N–H and O–H groups in total. The van der Waals surface area contributed by atoms with Crippen molar-refractivity contribution in [2.24, 2.45) is 5.92 Å². The van der Waals surface area contributed by atoms with Crippen molar-refractivity contribution in [1.82, 2.24) is 15.1 Å². The first-order chi connectivity index (χ1) is 28.0. The summed E-state index contributed by atoms with van der Waals surface area (Å²) in [6.07, 6.45) is 2.25. The van der Waals surface area contributed by atoms with Crippen LogP contribution in [0.1, 0.15) is 75.7 Å². The SMILES string of the molecule is Cc1cc(C2COc3cc(O)ccc3[C@H]2c2ccc(N3CCC(CN4CCN(c5cc6c(cc5F)C(=O)N([C@H]5CCC(=O)NC5=O)C6)CC4)CC3)c(F)c2)ccc1F. The standard InChI is InChI=1S/C45H46F3N5O5/c1-26-18-28(2-6-35(26)46)34-25-58-41-21-31(54)4-5-32(41)43(34)29-3-7-38(36(47)19-29)51-12-10-27(11-13-51)23-50-14-16-52(17-15-50)40-20-30-24-53(45(57)33(30)22-37(40)48)39-8-9-42(55)49-44(39)56/h2-7,18-22,27,34,39,43,54H,8-17,23-25H2,1H3,(H,49,55,56)/t34?,39-,43+/m0/s1. The Morgan fingerprint density at radius 3 is 2.26 bits per heavy atom. The fourth-order valence-corrected chi connectivity index (χ4v) is 9.68. The zero-order valence-electron chi connectivity index (χ0n) is 32.4. The number of carbonyl (C=O) groups is 3. The number of anilines is 2. The van der Waals surface area contributed by atoms with E-state index in [-0.39, 0.29) is 66.0 Å². The second-order valence-electron chi connectivity index (χ2n) is 16.4. The highest BCUT2D eigenvalue weighted by molar-refractivity contribution is 6.05. The Labute approximate surface area is 335 Å². The molecule has 58 heavy (non-hydrogen) atoms. The molecule has 4 aromatic rings. The van der Waals surface area contributed by atoms with E-state index in [2.05, 4.69) is 15.1 Å². The van der Waals surface area contributed by atoms with Gasteiger partial charge in [-0.25, -0.2) is 13.2 Å². The number of piperidine rings is 2. The van der Waals surface area contributed by atoms with Gasteiger partial charge in [0.05, 0.1) is 18.0 Å². The number of ether oxygens (including phenoxy) is 1. The lowest BCUT2D eigenvalue weighted by Gasteiger charge is -2.40. The third kappa shape index (κ3) is 7.14. The number of nitrogens with zero attached hydrogens (tertiary/aromatic N) is 4. The summed E-state index contributed by atoms with van der Waals surface area (Å²) in [5, 5.41) is 12.5. The molecule has 0 saturated carbocycles. The topological polar surface area (TPSA) is 106 Å². The highest BCUT2D eigenvalue weighted by Gasteiger charge is 2.40. The molecule has 5 aliphatic rings. The van der Waals surface area contributed by atoms with Gasteiger partial charge in [-0.2, -0.15) is 0 Å². The zero-order chi connectivity index (χ0) is 40.2. The molecule has 3 atom stereocenters. The molecule has 9 rings (SSSR count). The molecule has 1 unspecified atom stereocenters. The molecule has 0 aliphatic carbocycles. The highest BCUT2D eigenvalue weighted by atomic mass is 19.1. The van der Waals surface area contributed by atoms with Crippen LogP contribution in [0.25, 0.3) is 0 Å². The number of phenolic OH excluding ortho intramolecular Hbond substituents is 1. The number of aromatic hydroxyl groups is 1. The van der Waals surface area contributed by atoms with Gasteiger partial charge in [-0.05, 0) is 90.8 Å². The van der Waals surface area contributed by atoms with Gasteiger partial charge in [-0.1, -0.05) is 24.3 Å². The Kier molecular flexibility index (Phi) is 10.0. The third-order valence-corrected chi connectivity index (χ3v) is 12.9. The van der Waals surface area contributed by atoms with Gasteiger partial charge in [0.15, 0.2) is 0 Å². The molecule has 0 spiro atoms. The number of piperazine rings is 1. The maximum atomic E-state index is 16.1. The van der Waals surface area contributed by atoms with Gasteiger partial charge in [0, 0.05) is 87.8 Å². The van der Waals surface area contributed by atoms with Crippen LogP contribution in [-0.2, 0) is 16.1 Å². The number of phenols is 1. The van der Waals surface area contributed by atoms with Crippen molar-refractivity contribution in [2.75, 3.05) is 62.2 Å². The van der Waals surface area contributed by atoms with Crippen molar-refractivity contribution >= 4 is 29.1 Å². The second-order valence-corrected chi connectivity index (χ2v) is 16.4. The maximum Gasteiger partial charge on any atom is 0.255 e. The average molecular weight is 794 g/mol. The number of hydrogen-bond donors (Lipinski definition) is 2. The number of nitrogens with one attached hydrogen (secondary N) is 1. The summed E-state index contributed by atoms with van der Waals surface area (Å²) in [6, 6.07) is 17.8. The number of fused-ring (bicyclic) bond motifs is 2. The summed E-state index contributed by atoms with van der Waals surface area (Å²) >= 11 is 0. The van der Waals surface area contributed by atoms with Gasteiger partial charge in [0.2, 0.25) is 11.8 Å². The first kappa shape index (κ1) is 38.0. The summed E-state index contributed by atoms with van der Waals surface area (Å²) in [5.41, 5.74) is 5.06. The van der Waals surface area contributed by atoms with E-state index in [1.807, 2.05) is 29.2 Å². The van der Waals surface area contributed by atoms with Crippen LogP contribution in [0.3, 0.4) is 0 Å². The Bertz CT molecular complexity index is 2290. The Morgan fingerprint density at radius 1 is 0.776 bits per heavy atom. The van der Waals surface area contributed by atoms with E-state index in [0.29, 0.717) is 53.9 Å². The van der Waals surface area contributed by atoms with E-state index in [1.54, 1.807) is 37.3 Å². The summed E-state index contributed by atoms with van der Waals surface area (Å²) in [4.78, 5) is 45.2. The third-order valence-electron chi connectivity index (χ3n) is 12.9. The van der Waals surface area contributed by atoms with Gasteiger partial charge in [-0.15, -0.1) is 0 Å². The van der Waals surface area contributed by atoms with Crippen molar-refractivity contribution in [1.29, 1.82) is 0 Å². The number of hydrogen-bond acceptors (Lipinski definition) is 8. The number of carbonyl (C=O) groups excluding carboxylic acids is 3. The van der Waals surface area contributed by atoms with Crippen LogP contribution in [0.5, 0.6) is 11.5 Å². The van der Waals surface area contributed by atoms with Crippen molar-refractivity contribution < 1.29 is 37.4 Å². The van der Waals surface area contributed by atoms with Crippen molar-refractivity contribution in [2.45, 2.75) is 57.0 Å². The lowest BCUT2D eigenvalue weighted by atomic mass is 9.75. The van der Waals surface area contributed by atoms with E-state index in [0.717, 1.165) is 62.3 Å². The lowest BCUT2D eigenvalue weighted by molar-refractivity contribution is -0.136. The van der Waals surface area contributed by atoms with Crippen LogP contribution in [0.4, 0.5) is 24.5 Å². The molecule has 5 aliphatic heterocycles. The maximum absolute atomic E-state index is 16.1. The molecular weight excluding hydrogens is 748 g/mol. The fraction of sp³-hybridized carbons (Fsp3) is 0.400. The second kappa shape index (κ2) is 15.3. The normalized spacial score (nSPS) is 22.8. The van der Waals surface area contributed by atoms with Gasteiger partial charge in [-0.3, -0.25) is 24.6 Å². The van der Waals surface area contributed by atoms with Crippen molar-refractivity contribution in [3.63, 3.8) is 0 Å². The summed E-state index contributed by atoms with van der Waals surface area (Å²) in [6.45, 7) is 7.41. The van der Waals surface area contributed by atoms with E-state index in [4.69, 9.17) is 4.74 Å². The molecule has 3 fully saturated rings. The first-order valence-electron chi connectivity index (χ1n) is 20.2. The Morgan fingerprint density at radius 2 is 1.52 bits per heavy atom. The van der Waals surface area contributed by atoms with Gasteiger partial charge >= 0.3 is 0 Å². The highest BCUT2D eigenvalue weighted by Crippen LogP contribution is 2.48. The summed E-state index contributed by atoms with van der Waals surface area (Å²) in [7, 11) is 0. The predicted molar refractivity (Wildman–Crippen MR) is 212 cm³/mol. The van der Waals surface area contributed by atoms with E-state index < -0.39 is 17.8 Å². The van der Waals surface area contributed by atoms with Gasteiger partial charge < -0.3 is 24.5 Å². The molecule has 3 amide bonds. The number of aryl methyl sites for hydroxylation is 1. The molecule has 0 radical (unpaired) electrons. The van der Waals surface area contributed by atoms with Gasteiger partial charge in [0.25, 0.3) is 5.91 Å². The van der Waals surface area contributed by atoms with Crippen LogP contribution >= 0.6 is 0 Å². The Hall–Kier alpha value is -5.56. The molecule has 10 nitrogen and oxygen atoms in total. The zero-order valence-corrected chi connectivity index (χ0v) is 32.4. The summed E-state index contributed by atoms with van der Waals surface area (Å²) < 4.78 is 51.9. The van der Waals surface area contributed by atoms with Crippen LogP contribution < -0.4 is 19.9 Å². The smallest absolute Gasteiger partial charge is 0.255 e.